The summed E-state index contributed by atoms with van der Waals surface area (Å²) in [5.74, 6) is -0.587. The lowest BCUT2D eigenvalue weighted by atomic mass is 10.1. The topological polar surface area (TPSA) is 90.9 Å². The fourth-order valence-electron chi connectivity index (χ4n) is 2.89. The number of Topliss-reactive ketones (excluding diaryl/α,β-unsaturated/α-hetero) is 1. The molecule has 0 atom stereocenters. The third kappa shape index (κ3) is 4.68. The smallest absolute Gasteiger partial charge is 0.338 e. The predicted octanol–water partition coefficient (Wildman–Crippen LogP) is 3.67. The number of anilines is 1. The average molecular weight is 418 g/mol. The molecule has 1 N–H and O–H groups in total. The molecular weight excluding hydrogens is 398 g/mol. The minimum atomic E-state index is -0.715. The monoisotopic (exact) mass is 417 g/mol. The average Bonchev–Trinajstić information content (AvgIpc) is 3.05. The number of fused-ring (bicyclic) bond motifs is 1. The third-order valence-corrected chi connectivity index (χ3v) is 4.49. The van der Waals surface area contributed by atoms with Crippen LogP contribution in [0.4, 0.5) is 5.69 Å². The zero-order valence-electron chi connectivity index (χ0n) is 16.2. The quantitative estimate of drug-likeness (QED) is 0.546. The van der Waals surface area contributed by atoms with E-state index in [1.807, 2.05) is 13.8 Å². The van der Waals surface area contributed by atoms with Crippen LogP contribution in [0.2, 0.25) is 5.02 Å². The number of hydrogen-bond donors (Lipinski definition) is 1. The van der Waals surface area contributed by atoms with Crippen LogP contribution >= 0.6 is 11.6 Å². The largest absolute Gasteiger partial charge is 0.493 e. The number of methoxy groups -OCH3 is 1. The second-order valence-corrected chi connectivity index (χ2v) is 7.16. The summed E-state index contributed by atoms with van der Waals surface area (Å²) in [5, 5.41) is 2.90. The van der Waals surface area contributed by atoms with Crippen LogP contribution in [0.15, 0.2) is 30.3 Å². The Hall–Kier alpha value is -3.06. The van der Waals surface area contributed by atoms with Crippen molar-refractivity contribution < 1.29 is 28.6 Å². The molecule has 0 spiro atoms. The van der Waals surface area contributed by atoms with E-state index in [1.54, 1.807) is 18.2 Å². The second kappa shape index (κ2) is 8.53. The highest BCUT2D eigenvalue weighted by Crippen LogP contribution is 2.37. The highest BCUT2D eigenvalue weighted by Gasteiger charge is 2.21. The SMILES string of the molecule is COc1cc(C(=O)OCC(=O)c2ccc3c(c2)CC(=O)N3)cc(Cl)c1OC(C)C. The summed E-state index contributed by atoms with van der Waals surface area (Å²) in [5.41, 5.74) is 1.93. The van der Waals surface area contributed by atoms with Crippen LogP contribution < -0.4 is 14.8 Å². The summed E-state index contributed by atoms with van der Waals surface area (Å²) in [7, 11) is 1.44. The van der Waals surface area contributed by atoms with Gasteiger partial charge in [0.2, 0.25) is 5.91 Å². The first-order valence-corrected chi connectivity index (χ1v) is 9.33. The van der Waals surface area contributed by atoms with Crippen LogP contribution in [-0.4, -0.2) is 37.5 Å². The van der Waals surface area contributed by atoms with Crippen LogP contribution in [0, 0.1) is 0 Å². The Labute approximate surface area is 172 Å². The minimum Gasteiger partial charge on any atom is -0.493 e. The normalized spacial score (nSPS) is 12.4. The third-order valence-electron chi connectivity index (χ3n) is 4.21. The van der Waals surface area contributed by atoms with Crippen LogP contribution in [0.25, 0.3) is 0 Å². The lowest BCUT2D eigenvalue weighted by molar-refractivity contribution is -0.115. The number of ketones is 1. The molecule has 1 heterocycles. The van der Waals surface area contributed by atoms with Crippen molar-refractivity contribution in [2.24, 2.45) is 0 Å². The predicted molar refractivity (Wildman–Crippen MR) is 107 cm³/mol. The lowest BCUT2D eigenvalue weighted by Crippen LogP contribution is -2.15. The molecule has 0 aliphatic carbocycles. The highest BCUT2D eigenvalue weighted by atomic mass is 35.5. The van der Waals surface area contributed by atoms with Gasteiger partial charge in [0.15, 0.2) is 23.9 Å². The van der Waals surface area contributed by atoms with Crippen LogP contribution in [-0.2, 0) is 16.0 Å². The first-order valence-electron chi connectivity index (χ1n) is 8.95. The van der Waals surface area contributed by atoms with Gasteiger partial charge in [0.05, 0.1) is 30.2 Å². The van der Waals surface area contributed by atoms with Gasteiger partial charge in [-0.1, -0.05) is 11.6 Å². The number of carbonyl (C=O) groups is 3. The number of amides is 1. The Bertz CT molecular complexity index is 985. The van der Waals surface area contributed by atoms with Gasteiger partial charge in [0.1, 0.15) is 0 Å². The minimum absolute atomic E-state index is 0.119. The molecule has 0 saturated carbocycles. The number of halogens is 1. The number of esters is 1. The highest BCUT2D eigenvalue weighted by molar-refractivity contribution is 6.32. The summed E-state index contributed by atoms with van der Waals surface area (Å²) < 4.78 is 16.0. The van der Waals surface area contributed by atoms with Crippen molar-refractivity contribution in [3.8, 4) is 11.5 Å². The number of benzene rings is 2. The number of carbonyl (C=O) groups excluding carboxylic acids is 3. The van der Waals surface area contributed by atoms with Crippen molar-refractivity contribution >= 4 is 34.9 Å². The molecule has 0 unspecified atom stereocenters. The Kier molecular flexibility index (Phi) is 6.08. The zero-order valence-corrected chi connectivity index (χ0v) is 17.0. The first kappa shape index (κ1) is 20.7. The molecule has 8 heteroatoms. The molecule has 0 bridgehead atoms. The molecule has 0 aromatic heterocycles. The molecule has 3 rings (SSSR count). The summed E-state index contributed by atoms with van der Waals surface area (Å²) >= 11 is 6.21. The van der Waals surface area contributed by atoms with Crippen molar-refractivity contribution in [3.05, 3.63) is 52.0 Å². The maximum atomic E-state index is 12.4. The van der Waals surface area contributed by atoms with E-state index in [9.17, 15) is 14.4 Å². The number of rotatable bonds is 7. The first-order chi connectivity index (χ1) is 13.8. The van der Waals surface area contributed by atoms with E-state index in [4.69, 9.17) is 25.8 Å². The van der Waals surface area contributed by atoms with Gasteiger partial charge in [-0.3, -0.25) is 9.59 Å². The van der Waals surface area contributed by atoms with Crippen molar-refractivity contribution in [1.29, 1.82) is 0 Å². The molecule has 1 aliphatic heterocycles. The fourth-order valence-corrected chi connectivity index (χ4v) is 3.14. The Morgan fingerprint density at radius 3 is 2.62 bits per heavy atom. The van der Waals surface area contributed by atoms with E-state index in [-0.39, 0.29) is 34.8 Å². The van der Waals surface area contributed by atoms with Gasteiger partial charge in [-0.15, -0.1) is 0 Å². The maximum Gasteiger partial charge on any atom is 0.338 e. The number of ether oxygens (including phenoxy) is 3. The van der Waals surface area contributed by atoms with Crippen molar-refractivity contribution in [2.45, 2.75) is 26.4 Å². The van der Waals surface area contributed by atoms with E-state index in [1.165, 1.54) is 19.2 Å². The molecule has 2 aromatic rings. The lowest BCUT2D eigenvalue weighted by Gasteiger charge is -2.16. The molecular formula is C21H20ClNO6. The molecule has 1 aliphatic rings. The molecule has 0 fully saturated rings. The van der Waals surface area contributed by atoms with Gasteiger partial charge in [-0.25, -0.2) is 4.79 Å². The van der Waals surface area contributed by atoms with E-state index in [2.05, 4.69) is 5.32 Å². The molecule has 152 valence electrons. The molecule has 29 heavy (non-hydrogen) atoms. The maximum absolute atomic E-state index is 12.4. The van der Waals surface area contributed by atoms with E-state index < -0.39 is 12.6 Å². The van der Waals surface area contributed by atoms with Gasteiger partial charge in [-0.05, 0) is 49.7 Å². The summed E-state index contributed by atoms with van der Waals surface area (Å²) in [4.78, 5) is 36.2. The molecule has 2 aromatic carbocycles. The zero-order chi connectivity index (χ0) is 21.1. The van der Waals surface area contributed by atoms with Crippen molar-refractivity contribution in [2.75, 3.05) is 19.0 Å². The van der Waals surface area contributed by atoms with Crippen LogP contribution in [0.3, 0.4) is 0 Å². The van der Waals surface area contributed by atoms with Gasteiger partial charge >= 0.3 is 5.97 Å². The standard InChI is InChI=1S/C21H20ClNO6/c1-11(2)29-20-15(22)7-14(8-18(20)27-3)21(26)28-10-17(24)12-4-5-16-13(6-12)9-19(25)23-16/h4-8,11H,9-10H2,1-3H3,(H,23,25). The molecule has 1 amide bonds. The van der Waals surface area contributed by atoms with Crippen molar-refractivity contribution in [1.82, 2.24) is 0 Å². The van der Waals surface area contributed by atoms with E-state index in [0.717, 1.165) is 5.56 Å². The summed E-state index contributed by atoms with van der Waals surface area (Å²) in [6.07, 6.45) is 0.0916. The van der Waals surface area contributed by atoms with Crippen LogP contribution in [0.1, 0.15) is 40.1 Å². The second-order valence-electron chi connectivity index (χ2n) is 6.75. The number of nitrogens with one attached hydrogen (secondary N) is 1. The fraction of sp³-hybridized carbons (Fsp3) is 0.286. The van der Waals surface area contributed by atoms with Crippen LogP contribution in [0.5, 0.6) is 11.5 Å². The van der Waals surface area contributed by atoms with Gasteiger partial charge in [0.25, 0.3) is 0 Å². The Morgan fingerprint density at radius 2 is 1.93 bits per heavy atom. The Balaban J connectivity index is 1.69. The van der Waals surface area contributed by atoms with Crippen molar-refractivity contribution in [3.63, 3.8) is 0 Å². The molecule has 0 saturated heterocycles. The van der Waals surface area contributed by atoms with E-state index >= 15 is 0 Å². The molecule has 0 radical (unpaired) electrons. The van der Waals surface area contributed by atoms with Gasteiger partial charge in [-0.2, -0.15) is 0 Å². The van der Waals surface area contributed by atoms with E-state index in [0.29, 0.717) is 22.7 Å². The summed E-state index contributed by atoms with van der Waals surface area (Å²) in [6, 6.07) is 7.72. The molecule has 7 nitrogen and oxygen atoms in total. The number of hydrogen-bond acceptors (Lipinski definition) is 6. The van der Waals surface area contributed by atoms with Gasteiger partial charge < -0.3 is 19.5 Å². The Morgan fingerprint density at radius 1 is 1.17 bits per heavy atom. The van der Waals surface area contributed by atoms with Gasteiger partial charge in [0, 0.05) is 11.3 Å². The summed E-state index contributed by atoms with van der Waals surface area (Å²) in [6.45, 7) is 3.24.